The summed E-state index contributed by atoms with van der Waals surface area (Å²) in [5.41, 5.74) is 5.55. The molecule has 2 aromatic carbocycles. The number of aliphatic imine (C=N–C) groups is 1. The van der Waals surface area contributed by atoms with Crippen LogP contribution in [0.5, 0.6) is 5.75 Å². The van der Waals surface area contributed by atoms with E-state index in [2.05, 4.69) is 53.1 Å². The number of imide groups is 2. The molecule has 7 heterocycles. The summed E-state index contributed by atoms with van der Waals surface area (Å²) < 4.78 is 12.2. The van der Waals surface area contributed by atoms with E-state index >= 15 is 0 Å². The molecule has 0 radical (unpaired) electrons. The molecule has 3 aromatic rings. The molecule has 4 fully saturated rings. The number of carbonyl (C=O) groups excluding carboxylic acids is 4. The number of nitrogens with one attached hydrogen (secondary N) is 1. The monoisotopic (exact) mass is 803 g/mol. The number of morpholine rings is 1. The lowest BCUT2D eigenvalue weighted by Gasteiger charge is -2.40. The Morgan fingerprint density at radius 1 is 0.831 bits per heavy atom. The highest BCUT2D eigenvalue weighted by Gasteiger charge is 2.45. The number of amides is 4. The van der Waals surface area contributed by atoms with E-state index in [4.69, 9.17) is 14.5 Å². The van der Waals surface area contributed by atoms with Crippen LogP contribution in [-0.2, 0) is 20.9 Å². The topological polar surface area (TPSA) is 153 Å². The van der Waals surface area contributed by atoms with Crippen LogP contribution in [0.15, 0.2) is 53.8 Å². The van der Waals surface area contributed by atoms with Gasteiger partial charge in [0.15, 0.2) is 0 Å². The molecular formula is C44H53N9O6. The summed E-state index contributed by atoms with van der Waals surface area (Å²) in [5, 5.41) is 2.26. The molecule has 4 amide bonds. The van der Waals surface area contributed by atoms with E-state index in [1.165, 1.54) is 5.56 Å². The van der Waals surface area contributed by atoms with Gasteiger partial charge in [0.05, 0.1) is 47.9 Å². The van der Waals surface area contributed by atoms with Gasteiger partial charge in [0.2, 0.25) is 11.8 Å². The molecule has 0 saturated carbocycles. The lowest BCUT2D eigenvalue weighted by Crippen LogP contribution is -2.54. The highest BCUT2D eigenvalue weighted by Crippen LogP contribution is 2.33. The van der Waals surface area contributed by atoms with Crippen LogP contribution >= 0.6 is 0 Å². The first-order chi connectivity index (χ1) is 28.7. The minimum absolute atomic E-state index is 0.100. The van der Waals surface area contributed by atoms with Crippen LogP contribution in [-0.4, -0.2) is 144 Å². The summed E-state index contributed by atoms with van der Waals surface area (Å²) >= 11 is 0. The van der Waals surface area contributed by atoms with Gasteiger partial charge in [-0.15, -0.1) is 0 Å². The van der Waals surface area contributed by atoms with Crippen molar-refractivity contribution in [2.75, 3.05) is 81.9 Å². The third-order valence-corrected chi connectivity index (χ3v) is 12.6. The van der Waals surface area contributed by atoms with Crippen molar-refractivity contribution >= 4 is 40.8 Å². The third-order valence-electron chi connectivity index (χ3n) is 12.6. The van der Waals surface area contributed by atoms with E-state index in [1.54, 1.807) is 18.5 Å². The second-order valence-corrected chi connectivity index (χ2v) is 16.9. The smallest absolute Gasteiger partial charge is 0.262 e. The van der Waals surface area contributed by atoms with E-state index in [1.807, 2.05) is 26.0 Å². The maximum atomic E-state index is 13.4. The van der Waals surface area contributed by atoms with Crippen molar-refractivity contribution in [2.24, 2.45) is 10.9 Å². The first-order valence-corrected chi connectivity index (χ1v) is 21.3. The molecule has 1 N–H and O–H groups in total. The maximum absolute atomic E-state index is 13.4. The maximum Gasteiger partial charge on any atom is 0.262 e. The van der Waals surface area contributed by atoms with E-state index in [0.717, 1.165) is 124 Å². The first kappa shape index (κ1) is 39.2. The average Bonchev–Trinajstić information content (AvgIpc) is 3.78. The van der Waals surface area contributed by atoms with Crippen molar-refractivity contribution in [2.45, 2.75) is 70.7 Å². The lowest BCUT2D eigenvalue weighted by atomic mass is 9.95. The number of piperidine rings is 2. The zero-order chi connectivity index (χ0) is 40.6. The minimum Gasteiger partial charge on any atom is -0.491 e. The van der Waals surface area contributed by atoms with E-state index < -0.39 is 23.8 Å². The van der Waals surface area contributed by atoms with Crippen molar-refractivity contribution in [3.63, 3.8) is 0 Å². The van der Waals surface area contributed by atoms with Gasteiger partial charge in [0, 0.05) is 89.2 Å². The molecule has 310 valence electrons. The minimum atomic E-state index is -0.957. The zero-order valence-electron chi connectivity index (χ0n) is 34.0. The van der Waals surface area contributed by atoms with Crippen molar-refractivity contribution in [3.8, 4) is 5.75 Å². The lowest BCUT2D eigenvalue weighted by molar-refractivity contribution is -0.136. The van der Waals surface area contributed by atoms with Crippen LogP contribution in [0.1, 0.15) is 83.5 Å². The molecule has 15 nitrogen and oxygen atoms in total. The average molecular weight is 804 g/mol. The highest BCUT2D eigenvalue weighted by atomic mass is 16.5. The van der Waals surface area contributed by atoms with Gasteiger partial charge in [-0.25, -0.2) is 9.97 Å². The Balaban J connectivity index is 0.714. The largest absolute Gasteiger partial charge is 0.491 e. The van der Waals surface area contributed by atoms with Crippen molar-refractivity contribution in [3.05, 3.63) is 76.7 Å². The molecule has 0 bridgehead atoms. The van der Waals surface area contributed by atoms with Crippen molar-refractivity contribution in [1.82, 2.24) is 30.0 Å². The molecule has 1 aromatic heterocycles. The quantitative estimate of drug-likeness (QED) is 0.284. The number of hydrogen-bond donors (Lipinski definition) is 1. The standard InChI is InChI=1S/C44H53N9O6/c1-28(2)59-32-5-3-30-24-45-41(35(30)22-32)37-23-39(47-27-46-37)52-19-20-58-33(26-52)11-12-49-15-17-50(18-16-49)25-29-9-13-51(14-10-29)31-4-6-34-36(21-31)44(57)53(43(34)56)38-7-8-40(54)48-42(38)55/h3-6,21-23,27-29,33,38H,7-20,24-26H2,1-2H3,(H,48,54,55)/t33-,38?/m0/s1. The third kappa shape index (κ3) is 8.32. The Bertz CT molecular complexity index is 2140. The number of benzene rings is 2. The number of anilines is 2. The van der Waals surface area contributed by atoms with Crippen LogP contribution in [0.2, 0.25) is 0 Å². The van der Waals surface area contributed by atoms with Crippen LogP contribution in [0, 0.1) is 5.92 Å². The number of rotatable bonds is 11. The van der Waals surface area contributed by atoms with Gasteiger partial charge >= 0.3 is 0 Å². The van der Waals surface area contributed by atoms with Gasteiger partial charge in [0.25, 0.3) is 11.8 Å². The highest BCUT2D eigenvalue weighted by molar-refractivity contribution is 6.23. The molecular weight excluding hydrogens is 751 g/mol. The fourth-order valence-corrected chi connectivity index (χ4v) is 9.40. The van der Waals surface area contributed by atoms with E-state index in [-0.39, 0.29) is 31.0 Å². The Hall–Kier alpha value is -5.25. The molecule has 9 rings (SSSR count). The molecule has 2 atom stereocenters. The second-order valence-electron chi connectivity index (χ2n) is 16.9. The van der Waals surface area contributed by atoms with Gasteiger partial charge in [-0.05, 0) is 81.3 Å². The van der Waals surface area contributed by atoms with Crippen LogP contribution in [0.25, 0.3) is 0 Å². The summed E-state index contributed by atoms with van der Waals surface area (Å²) in [7, 11) is 0. The van der Waals surface area contributed by atoms with Gasteiger partial charge in [0.1, 0.15) is 23.9 Å². The number of hydrogen-bond acceptors (Lipinski definition) is 13. The zero-order valence-corrected chi connectivity index (χ0v) is 34.0. The number of aromatic nitrogens is 2. The van der Waals surface area contributed by atoms with Gasteiger partial charge < -0.3 is 29.1 Å². The van der Waals surface area contributed by atoms with Gasteiger partial charge in [-0.3, -0.25) is 34.4 Å². The van der Waals surface area contributed by atoms with Crippen LogP contribution in [0.4, 0.5) is 11.5 Å². The molecule has 6 aliphatic rings. The molecule has 6 aliphatic heterocycles. The summed E-state index contributed by atoms with van der Waals surface area (Å²) in [5.74, 6) is 0.450. The van der Waals surface area contributed by atoms with E-state index in [9.17, 15) is 19.2 Å². The summed E-state index contributed by atoms with van der Waals surface area (Å²) in [6.07, 6.45) is 5.24. The van der Waals surface area contributed by atoms with Crippen molar-refractivity contribution in [1.29, 1.82) is 0 Å². The predicted octanol–water partition coefficient (Wildman–Crippen LogP) is 3.15. The molecule has 0 aliphatic carbocycles. The Labute approximate surface area is 344 Å². The fourth-order valence-electron chi connectivity index (χ4n) is 9.40. The fraction of sp³-hybridized carbons (Fsp3) is 0.523. The summed E-state index contributed by atoms with van der Waals surface area (Å²) in [4.78, 5) is 75.5. The Morgan fingerprint density at radius 3 is 2.42 bits per heavy atom. The molecule has 1 unspecified atom stereocenters. The SMILES string of the molecule is CC(C)Oc1ccc2c(c1)C(c1cc(N3CCO[C@@H](CCN4CCN(CC5CCN(c6ccc7c(c6)C(=O)N(C6CCC(=O)NC6=O)C7=O)CC5)CC4)C3)ncn1)=NC2. The molecule has 4 saturated heterocycles. The Kier molecular flexibility index (Phi) is 11.2. The van der Waals surface area contributed by atoms with Crippen LogP contribution in [0.3, 0.4) is 0 Å². The summed E-state index contributed by atoms with van der Waals surface area (Å²) in [6, 6.07) is 12.7. The summed E-state index contributed by atoms with van der Waals surface area (Å²) in [6.45, 7) is 15.1. The number of fused-ring (bicyclic) bond motifs is 2. The molecule has 0 spiro atoms. The normalized spacial score (nSPS) is 23.2. The second kappa shape index (κ2) is 16.8. The predicted molar refractivity (Wildman–Crippen MR) is 221 cm³/mol. The number of nitrogens with zero attached hydrogens (tertiary/aromatic N) is 8. The van der Waals surface area contributed by atoms with Gasteiger partial charge in [-0.2, -0.15) is 0 Å². The van der Waals surface area contributed by atoms with E-state index in [0.29, 0.717) is 30.2 Å². The Morgan fingerprint density at radius 2 is 1.63 bits per heavy atom. The van der Waals surface area contributed by atoms with Crippen LogP contribution < -0.4 is 19.9 Å². The number of piperazine rings is 1. The first-order valence-electron chi connectivity index (χ1n) is 21.3. The molecule has 15 heteroatoms. The van der Waals surface area contributed by atoms with Gasteiger partial charge in [-0.1, -0.05) is 6.07 Å². The molecule has 59 heavy (non-hydrogen) atoms. The number of carbonyl (C=O) groups is 4. The van der Waals surface area contributed by atoms with Crippen molar-refractivity contribution < 1.29 is 28.7 Å². The number of ether oxygens (including phenoxy) is 2.